The van der Waals surface area contributed by atoms with E-state index in [0.717, 1.165) is 16.6 Å². The maximum Gasteiger partial charge on any atom is 0.210 e. The normalized spacial score (nSPS) is 12.2. The van der Waals surface area contributed by atoms with Crippen LogP contribution in [0.1, 0.15) is 17.1 Å². The van der Waals surface area contributed by atoms with Gasteiger partial charge in [-0.15, -0.1) is 0 Å². The second kappa shape index (κ2) is 4.46. The van der Waals surface area contributed by atoms with Crippen molar-refractivity contribution in [2.24, 2.45) is 5.14 Å². The fourth-order valence-corrected chi connectivity index (χ4v) is 2.61. The molecule has 2 heterocycles. The molecule has 19 heavy (non-hydrogen) atoms. The van der Waals surface area contributed by atoms with Crippen LogP contribution in [0.15, 0.2) is 0 Å². The van der Waals surface area contributed by atoms with Gasteiger partial charge in [0.15, 0.2) is 0 Å². The lowest BCUT2D eigenvalue weighted by molar-refractivity contribution is 0.590. The van der Waals surface area contributed by atoms with Gasteiger partial charge in [-0.25, -0.2) is 23.5 Å². The van der Waals surface area contributed by atoms with Gasteiger partial charge in [0.2, 0.25) is 10.0 Å². The van der Waals surface area contributed by atoms with Crippen LogP contribution in [-0.4, -0.2) is 28.7 Å². The Kier molecular flexibility index (Phi) is 3.23. The zero-order chi connectivity index (χ0) is 14.4. The number of rotatable bonds is 3. The highest BCUT2D eigenvalue weighted by Gasteiger charge is 2.17. The summed E-state index contributed by atoms with van der Waals surface area (Å²) in [6.45, 7) is 5.82. The molecule has 2 aromatic heterocycles. The summed E-state index contributed by atoms with van der Waals surface area (Å²) in [5.41, 5.74) is 8.45. The standard InChI is InChI=1S/C11H17N5O2S/c1-6-7(2)16(4-5-19(13,17)18)11-9(6)10(12)14-8(3)15-11/h4-5H2,1-3H3,(H2,12,14,15)(H2,13,17,18). The van der Waals surface area contributed by atoms with Gasteiger partial charge in [0, 0.05) is 12.2 Å². The molecule has 0 radical (unpaired) electrons. The quantitative estimate of drug-likeness (QED) is 0.836. The molecule has 0 unspecified atom stereocenters. The summed E-state index contributed by atoms with van der Waals surface area (Å²) in [7, 11) is -3.51. The average Bonchev–Trinajstić information content (AvgIpc) is 2.48. The third-order valence-electron chi connectivity index (χ3n) is 3.21. The second-order valence-electron chi connectivity index (χ2n) is 4.58. The molecule has 0 bridgehead atoms. The number of nitrogens with two attached hydrogens (primary N) is 2. The van der Waals surface area contributed by atoms with Crippen molar-refractivity contribution in [1.82, 2.24) is 14.5 Å². The maximum absolute atomic E-state index is 11.1. The van der Waals surface area contributed by atoms with Gasteiger partial charge in [-0.05, 0) is 26.3 Å². The molecule has 7 nitrogen and oxygen atoms in total. The van der Waals surface area contributed by atoms with E-state index in [4.69, 9.17) is 10.9 Å². The highest BCUT2D eigenvalue weighted by molar-refractivity contribution is 7.89. The first kappa shape index (κ1) is 13.8. The van der Waals surface area contributed by atoms with Crippen molar-refractivity contribution >= 4 is 26.9 Å². The molecule has 2 rings (SSSR count). The summed E-state index contributed by atoms with van der Waals surface area (Å²) in [6.07, 6.45) is 0. The van der Waals surface area contributed by atoms with Crippen LogP contribution in [0, 0.1) is 20.8 Å². The molecule has 8 heteroatoms. The van der Waals surface area contributed by atoms with Crippen LogP contribution >= 0.6 is 0 Å². The molecular weight excluding hydrogens is 266 g/mol. The molecule has 0 aliphatic carbocycles. The summed E-state index contributed by atoms with van der Waals surface area (Å²) in [5, 5.41) is 5.82. The Bertz CT molecular complexity index is 748. The van der Waals surface area contributed by atoms with Gasteiger partial charge in [-0.1, -0.05) is 0 Å². The van der Waals surface area contributed by atoms with Gasteiger partial charge in [-0.2, -0.15) is 0 Å². The zero-order valence-electron chi connectivity index (χ0n) is 11.1. The Morgan fingerprint density at radius 2 is 1.84 bits per heavy atom. The highest BCUT2D eigenvalue weighted by atomic mass is 32.2. The number of primary sulfonamides is 1. The lowest BCUT2D eigenvalue weighted by Gasteiger charge is -2.07. The number of fused-ring (bicyclic) bond motifs is 1. The van der Waals surface area contributed by atoms with E-state index in [9.17, 15) is 8.42 Å². The Hall–Kier alpha value is -1.67. The predicted molar refractivity (Wildman–Crippen MR) is 74.1 cm³/mol. The molecule has 0 saturated heterocycles. The number of nitrogens with zero attached hydrogens (tertiary/aromatic N) is 3. The minimum atomic E-state index is -3.51. The van der Waals surface area contributed by atoms with E-state index in [1.165, 1.54) is 0 Å². The largest absolute Gasteiger partial charge is 0.383 e. The number of hydrogen-bond donors (Lipinski definition) is 2. The third kappa shape index (κ3) is 2.54. The average molecular weight is 283 g/mol. The lowest BCUT2D eigenvalue weighted by Crippen LogP contribution is -2.21. The molecule has 104 valence electrons. The number of hydrogen-bond acceptors (Lipinski definition) is 5. The Morgan fingerprint density at radius 1 is 1.21 bits per heavy atom. The van der Waals surface area contributed by atoms with Crippen LogP contribution < -0.4 is 10.9 Å². The summed E-state index contributed by atoms with van der Waals surface area (Å²) in [4.78, 5) is 8.49. The minimum absolute atomic E-state index is 0.139. The van der Waals surface area contributed by atoms with Crippen molar-refractivity contribution in [2.45, 2.75) is 27.3 Å². The van der Waals surface area contributed by atoms with Crippen LogP contribution in [0.4, 0.5) is 5.82 Å². The topological polar surface area (TPSA) is 117 Å². The van der Waals surface area contributed by atoms with Gasteiger partial charge in [0.1, 0.15) is 17.3 Å². The van der Waals surface area contributed by atoms with E-state index in [1.807, 2.05) is 18.4 Å². The fourth-order valence-electron chi connectivity index (χ4n) is 2.17. The van der Waals surface area contributed by atoms with E-state index in [2.05, 4.69) is 9.97 Å². The van der Waals surface area contributed by atoms with Crippen LogP contribution in [0.3, 0.4) is 0 Å². The first-order valence-electron chi connectivity index (χ1n) is 5.80. The van der Waals surface area contributed by atoms with E-state index in [-0.39, 0.29) is 12.3 Å². The molecule has 2 aromatic rings. The monoisotopic (exact) mass is 283 g/mol. The molecule has 0 aliphatic rings. The van der Waals surface area contributed by atoms with Crippen LogP contribution in [-0.2, 0) is 16.6 Å². The first-order chi connectivity index (χ1) is 8.70. The van der Waals surface area contributed by atoms with Gasteiger partial charge >= 0.3 is 0 Å². The van der Waals surface area contributed by atoms with Crippen LogP contribution in [0.25, 0.3) is 11.0 Å². The molecule has 0 aromatic carbocycles. The molecule has 0 fully saturated rings. The van der Waals surface area contributed by atoms with Crippen LogP contribution in [0.2, 0.25) is 0 Å². The molecule has 4 N–H and O–H groups in total. The van der Waals surface area contributed by atoms with Crippen molar-refractivity contribution in [1.29, 1.82) is 0 Å². The zero-order valence-corrected chi connectivity index (χ0v) is 12.0. The summed E-state index contributed by atoms with van der Waals surface area (Å²) >= 11 is 0. The molecule has 0 saturated carbocycles. The first-order valence-corrected chi connectivity index (χ1v) is 7.52. The number of anilines is 1. The molecule has 0 atom stereocenters. The molecular formula is C11H17N5O2S. The summed E-state index contributed by atoms with van der Waals surface area (Å²) in [6, 6.07) is 0. The van der Waals surface area contributed by atoms with Gasteiger partial charge in [-0.3, -0.25) is 0 Å². The van der Waals surface area contributed by atoms with Crippen LogP contribution in [0.5, 0.6) is 0 Å². The number of aryl methyl sites for hydroxylation is 3. The smallest absolute Gasteiger partial charge is 0.210 e. The predicted octanol–water partition coefficient (Wildman–Crippen LogP) is 0.227. The summed E-state index contributed by atoms with van der Waals surface area (Å²) in [5.74, 6) is 0.830. The lowest BCUT2D eigenvalue weighted by atomic mass is 10.2. The van der Waals surface area contributed by atoms with E-state index in [0.29, 0.717) is 17.3 Å². The van der Waals surface area contributed by atoms with Crippen molar-refractivity contribution in [3.63, 3.8) is 0 Å². The molecule has 0 amide bonds. The van der Waals surface area contributed by atoms with Crippen molar-refractivity contribution in [3.8, 4) is 0 Å². The van der Waals surface area contributed by atoms with Gasteiger partial charge in [0.05, 0.1) is 11.1 Å². The number of aromatic nitrogens is 3. The minimum Gasteiger partial charge on any atom is -0.383 e. The van der Waals surface area contributed by atoms with E-state index >= 15 is 0 Å². The van der Waals surface area contributed by atoms with Crippen molar-refractivity contribution < 1.29 is 8.42 Å². The number of sulfonamides is 1. The maximum atomic E-state index is 11.1. The Morgan fingerprint density at radius 3 is 2.42 bits per heavy atom. The second-order valence-corrected chi connectivity index (χ2v) is 6.32. The van der Waals surface area contributed by atoms with E-state index in [1.54, 1.807) is 6.92 Å². The number of nitrogen functional groups attached to an aromatic ring is 1. The highest BCUT2D eigenvalue weighted by Crippen LogP contribution is 2.27. The fraction of sp³-hybridized carbons (Fsp3) is 0.455. The van der Waals surface area contributed by atoms with Gasteiger partial charge < -0.3 is 10.3 Å². The molecule has 0 aliphatic heterocycles. The summed E-state index contributed by atoms with van der Waals surface area (Å²) < 4.78 is 24.0. The van der Waals surface area contributed by atoms with Crippen molar-refractivity contribution in [3.05, 3.63) is 17.1 Å². The molecule has 0 spiro atoms. The Balaban J connectivity index is 2.64. The third-order valence-corrected chi connectivity index (χ3v) is 3.96. The van der Waals surface area contributed by atoms with Crippen molar-refractivity contribution in [2.75, 3.05) is 11.5 Å². The Labute approximate surface area is 111 Å². The SMILES string of the molecule is Cc1nc(N)c2c(C)c(C)n(CCS(N)(=O)=O)c2n1. The van der Waals surface area contributed by atoms with E-state index < -0.39 is 10.0 Å². The van der Waals surface area contributed by atoms with Gasteiger partial charge in [0.25, 0.3) is 0 Å².